The number of carbonyl (C=O) groups is 3. The number of hydrogen-bond donors (Lipinski definition) is 3. The molecule has 0 spiro atoms. The van der Waals surface area contributed by atoms with Crippen LogP contribution in [-0.4, -0.2) is 59.5 Å². The molecule has 1 aliphatic carbocycles. The summed E-state index contributed by atoms with van der Waals surface area (Å²) in [5.74, 6) is -1.30. The molecule has 1 saturated heterocycles. The first-order chi connectivity index (χ1) is 9.06. The molecular weight excluding hydrogens is 250 g/mol. The van der Waals surface area contributed by atoms with E-state index in [0.717, 1.165) is 12.8 Å². The van der Waals surface area contributed by atoms with Gasteiger partial charge in [0.2, 0.25) is 11.8 Å². The predicted octanol–water partition coefficient (Wildman–Crippen LogP) is -1.07. The summed E-state index contributed by atoms with van der Waals surface area (Å²) in [6.45, 7) is 1.50. The highest BCUT2D eigenvalue weighted by Crippen LogP contribution is 2.18. The number of carbonyl (C=O) groups excluding carboxylic acids is 2. The van der Waals surface area contributed by atoms with E-state index in [2.05, 4.69) is 10.6 Å². The van der Waals surface area contributed by atoms with Crippen LogP contribution in [0.1, 0.15) is 25.7 Å². The molecule has 7 nitrogen and oxygen atoms in total. The highest BCUT2D eigenvalue weighted by Gasteiger charge is 2.32. The largest absolute Gasteiger partial charge is 0.481 e. The van der Waals surface area contributed by atoms with Crippen molar-refractivity contribution in [2.45, 2.75) is 37.8 Å². The molecule has 106 valence electrons. The molecule has 1 heterocycles. The fourth-order valence-electron chi connectivity index (χ4n) is 2.19. The minimum atomic E-state index is -1.01. The first kappa shape index (κ1) is 13.8. The molecule has 0 aromatic heterocycles. The first-order valence-electron chi connectivity index (χ1n) is 6.59. The van der Waals surface area contributed by atoms with Gasteiger partial charge in [0.25, 0.3) is 0 Å². The zero-order valence-electron chi connectivity index (χ0n) is 10.7. The minimum Gasteiger partial charge on any atom is -0.481 e. The Hall–Kier alpha value is -1.63. The zero-order chi connectivity index (χ0) is 13.8. The Labute approximate surface area is 111 Å². The van der Waals surface area contributed by atoms with E-state index in [4.69, 9.17) is 5.11 Å². The summed E-state index contributed by atoms with van der Waals surface area (Å²) in [6.07, 6.45) is 2.16. The maximum atomic E-state index is 11.7. The molecule has 2 fully saturated rings. The van der Waals surface area contributed by atoms with E-state index in [1.165, 1.54) is 0 Å². The number of piperazine rings is 1. The predicted molar refractivity (Wildman–Crippen MR) is 66.4 cm³/mol. The average molecular weight is 269 g/mol. The number of carboxylic acid groups (broad SMARTS) is 1. The monoisotopic (exact) mass is 269 g/mol. The second-order valence-electron chi connectivity index (χ2n) is 5.03. The third kappa shape index (κ3) is 4.20. The fourth-order valence-corrected chi connectivity index (χ4v) is 2.19. The Kier molecular flexibility index (Phi) is 4.36. The highest BCUT2D eigenvalue weighted by atomic mass is 16.4. The molecule has 0 bridgehead atoms. The van der Waals surface area contributed by atoms with Crippen LogP contribution in [0.2, 0.25) is 0 Å². The van der Waals surface area contributed by atoms with Gasteiger partial charge in [-0.15, -0.1) is 0 Å². The molecule has 1 unspecified atom stereocenters. The third-order valence-corrected chi connectivity index (χ3v) is 3.38. The summed E-state index contributed by atoms with van der Waals surface area (Å²) in [4.78, 5) is 35.8. The highest BCUT2D eigenvalue weighted by molar-refractivity contribution is 5.86. The Morgan fingerprint density at radius 1 is 1.42 bits per heavy atom. The maximum absolute atomic E-state index is 11.7. The van der Waals surface area contributed by atoms with Crippen molar-refractivity contribution in [3.05, 3.63) is 0 Å². The van der Waals surface area contributed by atoms with Crippen LogP contribution >= 0.6 is 0 Å². The molecule has 1 saturated carbocycles. The van der Waals surface area contributed by atoms with Gasteiger partial charge >= 0.3 is 5.97 Å². The van der Waals surface area contributed by atoms with Crippen molar-refractivity contribution in [2.75, 3.05) is 19.6 Å². The lowest BCUT2D eigenvalue weighted by atomic mass is 10.1. The Balaban J connectivity index is 1.82. The lowest BCUT2D eigenvalue weighted by Crippen LogP contribution is -2.56. The Morgan fingerprint density at radius 3 is 2.79 bits per heavy atom. The van der Waals surface area contributed by atoms with Crippen LogP contribution in [0.25, 0.3) is 0 Å². The Morgan fingerprint density at radius 2 is 2.16 bits per heavy atom. The van der Waals surface area contributed by atoms with Crippen molar-refractivity contribution in [2.24, 2.45) is 0 Å². The number of nitrogens with zero attached hydrogens (tertiary/aromatic N) is 1. The van der Waals surface area contributed by atoms with E-state index in [9.17, 15) is 14.4 Å². The number of hydrogen-bond acceptors (Lipinski definition) is 4. The normalized spacial score (nSPS) is 23.8. The number of carboxylic acids is 1. The average Bonchev–Trinajstić information content (AvgIpc) is 3.13. The molecule has 2 aliphatic rings. The van der Waals surface area contributed by atoms with Crippen molar-refractivity contribution in [3.63, 3.8) is 0 Å². The molecule has 7 heteroatoms. The van der Waals surface area contributed by atoms with Crippen molar-refractivity contribution >= 4 is 17.8 Å². The fraction of sp³-hybridized carbons (Fsp3) is 0.750. The molecule has 0 aromatic carbocycles. The summed E-state index contributed by atoms with van der Waals surface area (Å²) >= 11 is 0. The van der Waals surface area contributed by atoms with Gasteiger partial charge in [0.15, 0.2) is 0 Å². The van der Waals surface area contributed by atoms with Gasteiger partial charge < -0.3 is 15.7 Å². The quantitative estimate of drug-likeness (QED) is 0.570. The molecular formula is C12H19N3O4. The summed E-state index contributed by atoms with van der Waals surface area (Å²) < 4.78 is 0. The van der Waals surface area contributed by atoms with Gasteiger partial charge in [-0.05, 0) is 12.8 Å². The molecule has 2 rings (SSSR count). The van der Waals surface area contributed by atoms with Gasteiger partial charge in [0, 0.05) is 32.1 Å². The van der Waals surface area contributed by atoms with E-state index in [-0.39, 0.29) is 18.2 Å². The topological polar surface area (TPSA) is 98.7 Å². The van der Waals surface area contributed by atoms with Crippen molar-refractivity contribution in [1.29, 1.82) is 0 Å². The van der Waals surface area contributed by atoms with Gasteiger partial charge in [-0.3, -0.25) is 19.3 Å². The van der Waals surface area contributed by atoms with Crippen LogP contribution < -0.4 is 10.6 Å². The zero-order valence-corrected chi connectivity index (χ0v) is 10.7. The smallest absolute Gasteiger partial charge is 0.305 e. The number of rotatable bonds is 6. The second kappa shape index (κ2) is 6.01. The van der Waals surface area contributed by atoms with Crippen molar-refractivity contribution < 1.29 is 19.5 Å². The van der Waals surface area contributed by atoms with Crippen LogP contribution in [0.15, 0.2) is 0 Å². The number of nitrogens with one attached hydrogen (secondary N) is 2. The molecule has 1 aliphatic heterocycles. The molecule has 0 radical (unpaired) electrons. The van der Waals surface area contributed by atoms with Gasteiger partial charge in [0.05, 0.1) is 12.5 Å². The Bertz CT molecular complexity index is 381. The summed E-state index contributed by atoms with van der Waals surface area (Å²) in [5.41, 5.74) is 0. The lowest BCUT2D eigenvalue weighted by Gasteiger charge is -2.33. The standard InChI is InChI=1S/C12H19N3O4/c16-10(14-8-1-2-8)3-5-15-6-4-13-12(19)9(15)7-11(17)18/h8-9H,1-7H2,(H,13,19)(H,14,16)(H,17,18). The van der Waals surface area contributed by atoms with Gasteiger partial charge in [-0.25, -0.2) is 0 Å². The minimum absolute atomic E-state index is 0.0254. The van der Waals surface area contributed by atoms with Crippen molar-refractivity contribution in [1.82, 2.24) is 15.5 Å². The van der Waals surface area contributed by atoms with Gasteiger partial charge in [-0.1, -0.05) is 0 Å². The van der Waals surface area contributed by atoms with E-state index >= 15 is 0 Å². The van der Waals surface area contributed by atoms with Crippen molar-refractivity contribution in [3.8, 4) is 0 Å². The number of amides is 2. The van der Waals surface area contributed by atoms with Gasteiger partial charge in [0.1, 0.15) is 0 Å². The maximum Gasteiger partial charge on any atom is 0.305 e. The molecule has 0 aromatic rings. The molecule has 2 amide bonds. The number of aliphatic carboxylic acids is 1. The van der Waals surface area contributed by atoms with Gasteiger partial charge in [-0.2, -0.15) is 0 Å². The van der Waals surface area contributed by atoms with E-state index in [0.29, 0.717) is 32.1 Å². The van der Waals surface area contributed by atoms with E-state index in [1.54, 1.807) is 4.90 Å². The molecule has 19 heavy (non-hydrogen) atoms. The summed E-state index contributed by atoms with van der Waals surface area (Å²) in [5, 5.41) is 14.4. The van der Waals surface area contributed by atoms with E-state index < -0.39 is 12.0 Å². The second-order valence-corrected chi connectivity index (χ2v) is 5.03. The van der Waals surface area contributed by atoms with Crippen LogP contribution in [0.4, 0.5) is 0 Å². The summed E-state index contributed by atoms with van der Waals surface area (Å²) in [7, 11) is 0. The molecule has 3 N–H and O–H groups in total. The van der Waals surface area contributed by atoms with E-state index in [1.807, 2.05) is 0 Å². The SMILES string of the molecule is O=C(O)CC1C(=O)NCCN1CCC(=O)NC1CC1. The molecule has 1 atom stereocenters. The van der Waals surface area contributed by atoms with Crippen LogP contribution in [0.3, 0.4) is 0 Å². The first-order valence-corrected chi connectivity index (χ1v) is 6.59. The third-order valence-electron chi connectivity index (χ3n) is 3.38. The van der Waals surface area contributed by atoms with Crippen LogP contribution in [-0.2, 0) is 14.4 Å². The summed E-state index contributed by atoms with van der Waals surface area (Å²) in [6, 6.07) is -0.341. The van der Waals surface area contributed by atoms with Crippen LogP contribution in [0.5, 0.6) is 0 Å². The van der Waals surface area contributed by atoms with Crippen LogP contribution in [0, 0.1) is 0 Å². The lowest BCUT2D eigenvalue weighted by molar-refractivity contribution is -0.143.